The topological polar surface area (TPSA) is 95.9 Å². The fourth-order valence-corrected chi connectivity index (χ4v) is 1.41. The number of phenolic OH excluding ortho intramolecular Hbond substituents is 1. The number of carboxylic acids is 1. The number of hydrogen-bond donors (Lipinski definition) is 3. The van der Waals surface area contributed by atoms with Gasteiger partial charge in [-0.25, -0.2) is 0 Å². The Hall–Kier alpha value is -2.24. The Balaban J connectivity index is 2.28. The van der Waals surface area contributed by atoms with Crippen molar-refractivity contribution in [2.45, 2.75) is 19.8 Å². The number of aromatic hydroxyl groups is 1. The molecule has 1 rings (SSSR count). The zero-order valence-electron chi connectivity index (χ0n) is 10.7. The quantitative estimate of drug-likeness (QED) is 0.686. The van der Waals surface area contributed by atoms with Crippen molar-refractivity contribution in [1.29, 1.82) is 0 Å². The van der Waals surface area contributed by atoms with Crippen LogP contribution in [0.3, 0.4) is 0 Å². The average molecular weight is 267 g/mol. The van der Waals surface area contributed by atoms with Crippen LogP contribution in [0.15, 0.2) is 18.2 Å². The smallest absolute Gasteiger partial charge is 0.305 e. The Morgan fingerprint density at radius 1 is 1.32 bits per heavy atom. The lowest BCUT2D eigenvalue weighted by Gasteiger charge is -2.10. The maximum Gasteiger partial charge on any atom is 0.305 e. The first-order chi connectivity index (χ1) is 9.00. The monoisotopic (exact) mass is 267 g/mol. The van der Waals surface area contributed by atoms with Crippen LogP contribution in [-0.4, -0.2) is 35.2 Å². The fraction of sp³-hybridized carbons (Fsp3) is 0.385. The van der Waals surface area contributed by atoms with Gasteiger partial charge in [0.25, 0.3) is 0 Å². The molecule has 0 bridgehead atoms. The molecule has 6 nitrogen and oxygen atoms in total. The van der Waals surface area contributed by atoms with Crippen LogP contribution in [-0.2, 0) is 9.59 Å². The summed E-state index contributed by atoms with van der Waals surface area (Å²) in [4.78, 5) is 21.6. The van der Waals surface area contributed by atoms with Crippen LogP contribution in [0, 0.1) is 6.92 Å². The second-order valence-corrected chi connectivity index (χ2v) is 3.99. The van der Waals surface area contributed by atoms with E-state index >= 15 is 0 Å². The summed E-state index contributed by atoms with van der Waals surface area (Å²) in [7, 11) is 0. The molecule has 0 saturated heterocycles. The van der Waals surface area contributed by atoms with E-state index in [4.69, 9.17) is 9.84 Å². The summed E-state index contributed by atoms with van der Waals surface area (Å²) in [5.74, 6) is -0.548. The zero-order chi connectivity index (χ0) is 14.3. The van der Waals surface area contributed by atoms with Gasteiger partial charge < -0.3 is 20.3 Å². The molecule has 0 spiro atoms. The highest BCUT2D eigenvalue weighted by Gasteiger charge is 2.06. The van der Waals surface area contributed by atoms with Crippen LogP contribution < -0.4 is 10.1 Å². The molecule has 1 aromatic rings. The highest BCUT2D eigenvalue weighted by molar-refractivity contribution is 5.76. The van der Waals surface area contributed by atoms with Crippen LogP contribution in [0.2, 0.25) is 0 Å². The molecule has 0 saturated carbocycles. The van der Waals surface area contributed by atoms with E-state index in [2.05, 4.69) is 5.32 Å². The maximum atomic E-state index is 11.3. The number of carboxylic acid groups (broad SMARTS) is 1. The number of carbonyl (C=O) groups is 2. The summed E-state index contributed by atoms with van der Waals surface area (Å²) in [5, 5.41) is 20.3. The van der Waals surface area contributed by atoms with E-state index in [1.807, 2.05) is 0 Å². The van der Waals surface area contributed by atoms with Gasteiger partial charge in [0.1, 0.15) is 11.5 Å². The molecule has 6 heteroatoms. The van der Waals surface area contributed by atoms with Crippen molar-refractivity contribution in [1.82, 2.24) is 5.32 Å². The normalized spacial score (nSPS) is 9.95. The fourth-order valence-electron chi connectivity index (χ4n) is 1.41. The largest absolute Gasteiger partial charge is 0.508 e. The van der Waals surface area contributed by atoms with Crippen LogP contribution in [0.1, 0.15) is 18.4 Å². The molecular weight excluding hydrogens is 250 g/mol. The Morgan fingerprint density at radius 3 is 2.74 bits per heavy atom. The number of rotatable bonds is 7. The molecule has 0 aromatic heterocycles. The molecular formula is C13H17NO5. The molecule has 0 heterocycles. The van der Waals surface area contributed by atoms with Gasteiger partial charge in [-0.2, -0.15) is 0 Å². The third-order valence-corrected chi connectivity index (χ3v) is 2.50. The molecule has 0 aliphatic heterocycles. The molecule has 1 amide bonds. The average Bonchev–Trinajstić information content (AvgIpc) is 2.34. The number of carbonyl (C=O) groups excluding carboxylic acids is 1. The Kier molecular flexibility index (Phi) is 5.66. The lowest BCUT2D eigenvalue weighted by atomic mass is 10.2. The number of phenols is 1. The van der Waals surface area contributed by atoms with Gasteiger partial charge in [0.2, 0.25) is 5.91 Å². The van der Waals surface area contributed by atoms with Crippen molar-refractivity contribution in [2.75, 3.05) is 13.2 Å². The van der Waals surface area contributed by atoms with Crippen molar-refractivity contribution in [3.8, 4) is 11.5 Å². The van der Waals surface area contributed by atoms with Crippen LogP contribution in [0.4, 0.5) is 0 Å². The third-order valence-electron chi connectivity index (χ3n) is 2.50. The van der Waals surface area contributed by atoms with Crippen LogP contribution >= 0.6 is 0 Å². The molecule has 0 unspecified atom stereocenters. The summed E-state index contributed by atoms with van der Waals surface area (Å²) in [6, 6.07) is 4.92. The van der Waals surface area contributed by atoms with E-state index < -0.39 is 5.97 Å². The van der Waals surface area contributed by atoms with E-state index in [1.54, 1.807) is 25.1 Å². The number of hydrogen-bond acceptors (Lipinski definition) is 4. The minimum Gasteiger partial charge on any atom is -0.508 e. The van der Waals surface area contributed by atoms with Crippen molar-refractivity contribution in [3.05, 3.63) is 23.8 Å². The van der Waals surface area contributed by atoms with Gasteiger partial charge in [0.05, 0.1) is 19.4 Å². The Bertz CT molecular complexity index is 458. The molecule has 0 aliphatic rings. The van der Waals surface area contributed by atoms with Gasteiger partial charge >= 0.3 is 5.97 Å². The second kappa shape index (κ2) is 7.25. The summed E-state index contributed by atoms with van der Waals surface area (Å²) in [5.41, 5.74) is 0.619. The molecule has 0 atom stereocenters. The van der Waals surface area contributed by atoms with Crippen LogP contribution in [0.25, 0.3) is 0 Å². The van der Waals surface area contributed by atoms with Gasteiger partial charge in [0, 0.05) is 12.1 Å². The van der Waals surface area contributed by atoms with Crippen LogP contribution in [0.5, 0.6) is 11.5 Å². The van der Waals surface area contributed by atoms with Gasteiger partial charge in [0.15, 0.2) is 0 Å². The zero-order valence-corrected chi connectivity index (χ0v) is 10.7. The SMILES string of the molecule is Cc1c(O)cccc1OCCC(=O)NCCC(=O)O. The Morgan fingerprint density at radius 2 is 2.05 bits per heavy atom. The van der Waals surface area contributed by atoms with Crippen molar-refractivity contribution in [3.63, 3.8) is 0 Å². The predicted molar refractivity (Wildman–Crippen MR) is 68.2 cm³/mol. The van der Waals surface area contributed by atoms with Gasteiger partial charge in [-0.05, 0) is 19.1 Å². The lowest BCUT2D eigenvalue weighted by molar-refractivity contribution is -0.136. The number of nitrogens with one attached hydrogen (secondary N) is 1. The summed E-state index contributed by atoms with van der Waals surface area (Å²) >= 11 is 0. The summed E-state index contributed by atoms with van der Waals surface area (Å²) < 4.78 is 5.38. The molecule has 0 aliphatic carbocycles. The van der Waals surface area contributed by atoms with E-state index in [-0.39, 0.29) is 37.6 Å². The van der Waals surface area contributed by atoms with E-state index in [0.717, 1.165) is 0 Å². The number of benzene rings is 1. The predicted octanol–water partition coefficient (Wildman–Crippen LogP) is 1.06. The van der Waals surface area contributed by atoms with Gasteiger partial charge in [-0.15, -0.1) is 0 Å². The highest BCUT2D eigenvalue weighted by Crippen LogP contribution is 2.25. The number of amides is 1. The molecule has 19 heavy (non-hydrogen) atoms. The van der Waals surface area contributed by atoms with Crippen molar-refractivity contribution in [2.24, 2.45) is 0 Å². The second-order valence-electron chi connectivity index (χ2n) is 3.99. The molecule has 104 valence electrons. The molecule has 0 radical (unpaired) electrons. The van der Waals surface area contributed by atoms with Crippen molar-refractivity contribution >= 4 is 11.9 Å². The minimum absolute atomic E-state index is 0.0989. The highest BCUT2D eigenvalue weighted by atomic mass is 16.5. The number of ether oxygens (including phenoxy) is 1. The standard InChI is InChI=1S/C13H17NO5/c1-9-10(15)3-2-4-11(9)19-8-6-12(16)14-7-5-13(17)18/h2-4,15H,5-8H2,1H3,(H,14,16)(H,17,18). The van der Waals surface area contributed by atoms with E-state index in [9.17, 15) is 14.7 Å². The van der Waals surface area contributed by atoms with E-state index in [1.165, 1.54) is 0 Å². The first-order valence-corrected chi connectivity index (χ1v) is 5.90. The summed E-state index contributed by atoms with van der Waals surface area (Å²) in [6.07, 6.45) is 0.0347. The maximum absolute atomic E-state index is 11.3. The Labute approximate surface area is 111 Å². The first kappa shape index (κ1) is 14.8. The summed E-state index contributed by atoms with van der Waals surface area (Å²) in [6.45, 7) is 2.00. The van der Waals surface area contributed by atoms with E-state index in [0.29, 0.717) is 11.3 Å². The first-order valence-electron chi connectivity index (χ1n) is 5.90. The minimum atomic E-state index is -0.952. The molecule has 3 N–H and O–H groups in total. The van der Waals surface area contributed by atoms with Gasteiger partial charge in [-0.3, -0.25) is 9.59 Å². The van der Waals surface area contributed by atoms with Gasteiger partial charge in [-0.1, -0.05) is 6.07 Å². The molecule has 0 fully saturated rings. The third kappa shape index (κ3) is 5.29. The number of aliphatic carboxylic acids is 1. The lowest BCUT2D eigenvalue weighted by Crippen LogP contribution is -2.27. The van der Waals surface area contributed by atoms with Crippen molar-refractivity contribution < 1.29 is 24.5 Å². The molecule has 1 aromatic carbocycles.